The van der Waals surface area contributed by atoms with Crippen molar-refractivity contribution in [2.75, 3.05) is 27.4 Å². The van der Waals surface area contributed by atoms with E-state index in [-0.39, 0.29) is 69.6 Å². The highest BCUT2D eigenvalue weighted by Gasteiger charge is 2.23. The Bertz CT molecular complexity index is 1590. The van der Waals surface area contributed by atoms with Crippen LogP contribution >= 0.6 is 11.6 Å². The number of imidazole rings is 1. The molecule has 0 bridgehead atoms. The maximum atomic E-state index is 14.5. The van der Waals surface area contributed by atoms with Gasteiger partial charge >= 0.3 is 5.69 Å². The van der Waals surface area contributed by atoms with Gasteiger partial charge in [-0.2, -0.15) is 4.98 Å². The molecule has 0 saturated carbocycles. The van der Waals surface area contributed by atoms with Gasteiger partial charge in [0.2, 0.25) is 11.7 Å². The van der Waals surface area contributed by atoms with E-state index in [0.717, 1.165) is 10.6 Å². The van der Waals surface area contributed by atoms with Gasteiger partial charge in [0, 0.05) is 19.1 Å². The van der Waals surface area contributed by atoms with E-state index in [2.05, 4.69) is 15.0 Å². The van der Waals surface area contributed by atoms with Crippen molar-refractivity contribution < 1.29 is 37.6 Å². The molecule has 14 heteroatoms. The molecule has 0 unspecified atom stereocenters. The van der Waals surface area contributed by atoms with Crippen molar-refractivity contribution in [1.29, 1.82) is 0 Å². The van der Waals surface area contributed by atoms with Gasteiger partial charge in [0.15, 0.2) is 34.6 Å². The highest BCUT2D eigenvalue weighted by Crippen LogP contribution is 2.37. The summed E-state index contributed by atoms with van der Waals surface area (Å²) in [5, 5.41) is 9.21. The number of aromatic amines is 1. The van der Waals surface area contributed by atoms with Gasteiger partial charge in [-0.3, -0.25) is 9.78 Å². The van der Waals surface area contributed by atoms with E-state index in [1.165, 1.54) is 39.3 Å². The summed E-state index contributed by atoms with van der Waals surface area (Å²) in [6, 6.07) is 4.80. The maximum absolute atomic E-state index is 14.5. The normalized spacial score (nSPS) is 11.0. The second-order valence-corrected chi connectivity index (χ2v) is 8.14. The first-order chi connectivity index (χ1) is 18.2. The second-order valence-electron chi connectivity index (χ2n) is 7.73. The average Bonchev–Trinajstić information content (AvgIpc) is 3.23. The van der Waals surface area contributed by atoms with Gasteiger partial charge in [-0.05, 0) is 12.1 Å². The monoisotopic (exact) mass is 550 g/mol. The Morgan fingerprint density at radius 1 is 1.11 bits per heavy atom. The van der Waals surface area contributed by atoms with Crippen molar-refractivity contribution >= 4 is 28.5 Å². The Labute approximate surface area is 218 Å². The zero-order valence-electron chi connectivity index (χ0n) is 20.3. The van der Waals surface area contributed by atoms with Crippen molar-refractivity contribution in [3.63, 3.8) is 0 Å². The minimum atomic E-state index is -1.16. The number of ether oxygens (including phenoxy) is 4. The first kappa shape index (κ1) is 26.8. The van der Waals surface area contributed by atoms with Crippen LogP contribution in [0.1, 0.15) is 23.1 Å². The lowest BCUT2D eigenvalue weighted by molar-refractivity contribution is 0.100. The number of nitrogens with one attached hydrogen (secondary N) is 1. The molecule has 4 rings (SSSR count). The number of halogens is 3. The lowest BCUT2D eigenvalue weighted by Gasteiger charge is -2.17. The number of carbonyl (C=O) groups excluding carboxylic acids is 1. The van der Waals surface area contributed by atoms with E-state index < -0.39 is 29.7 Å². The van der Waals surface area contributed by atoms with Gasteiger partial charge < -0.3 is 24.1 Å². The second kappa shape index (κ2) is 11.0. The zero-order valence-corrected chi connectivity index (χ0v) is 21.1. The predicted octanol–water partition coefficient (Wildman–Crippen LogP) is 3.21. The number of aliphatic hydroxyl groups excluding tert-OH is 1. The van der Waals surface area contributed by atoms with Crippen molar-refractivity contribution in [3.8, 4) is 28.8 Å². The van der Waals surface area contributed by atoms with Crippen LogP contribution in [0.5, 0.6) is 23.1 Å². The Kier molecular flexibility index (Phi) is 7.78. The summed E-state index contributed by atoms with van der Waals surface area (Å²) in [6.07, 6.45) is 0. The summed E-state index contributed by atoms with van der Waals surface area (Å²) in [5.41, 5.74) is -0.751. The van der Waals surface area contributed by atoms with Gasteiger partial charge in [-0.25, -0.2) is 23.1 Å². The number of aromatic nitrogens is 4. The number of benzene rings is 2. The Balaban J connectivity index is 1.87. The van der Waals surface area contributed by atoms with Crippen LogP contribution in [0.2, 0.25) is 5.02 Å². The lowest BCUT2D eigenvalue weighted by atomic mass is 10.2. The number of fused-ring (bicyclic) bond motifs is 1. The number of nitrogens with zero attached hydrogens (tertiary/aromatic N) is 3. The number of Topliss-reactive ketones (excluding diaryl/α,β-unsaturated/α-hetero) is 1. The van der Waals surface area contributed by atoms with Crippen LogP contribution in [0, 0.1) is 11.6 Å². The van der Waals surface area contributed by atoms with Gasteiger partial charge in [0.05, 0.1) is 37.1 Å². The fourth-order valence-electron chi connectivity index (χ4n) is 3.62. The molecule has 2 N–H and O–H groups in total. The van der Waals surface area contributed by atoms with Crippen LogP contribution in [0.4, 0.5) is 8.78 Å². The highest BCUT2D eigenvalue weighted by atomic mass is 35.5. The van der Waals surface area contributed by atoms with Crippen LogP contribution in [0.25, 0.3) is 16.9 Å². The van der Waals surface area contributed by atoms with Crippen LogP contribution in [-0.2, 0) is 6.61 Å². The fourth-order valence-corrected chi connectivity index (χ4v) is 3.85. The molecule has 200 valence electrons. The number of carbonyl (C=O) groups is 1. The molecule has 38 heavy (non-hydrogen) atoms. The summed E-state index contributed by atoms with van der Waals surface area (Å²) in [6.45, 7) is 0.291. The quantitative estimate of drug-likeness (QED) is 0.285. The third-order valence-corrected chi connectivity index (χ3v) is 5.66. The van der Waals surface area contributed by atoms with E-state index in [1.54, 1.807) is 0 Å². The van der Waals surface area contributed by atoms with Crippen molar-refractivity contribution in [2.24, 2.45) is 0 Å². The highest BCUT2D eigenvalue weighted by molar-refractivity contribution is 6.32. The van der Waals surface area contributed by atoms with E-state index in [4.69, 9.17) is 30.5 Å². The molecule has 0 radical (unpaired) electrons. The van der Waals surface area contributed by atoms with E-state index in [9.17, 15) is 23.5 Å². The molecule has 2 aromatic heterocycles. The third kappa shape index (κ3) is 4.97. The summed E-state index contributed by atoms with van der Waals surface area (Å²) < 4.78 is 51.0. The number of hydrogen-bond donors (Lipinski definition) is 2. The van der Waals surface area contributed by atoms with Gasteiger partial charge in [0.25, 0.3) is 0 Å². The standard InChI is InChI=1S/C24H21ClF2N4O7/c1-11(33)21-29-22-20(23(30-21)36-3)28-24(34)31(22)15-9-18(17(8-13(15)25)37-7-6-32)38-10-12-16(35-2)5-4-14(26)19(12)27/h4-5,8-9,32H,6-7,10H2,1-3H3,(H,28,34). The van der Waals surface area contributed by atoms with Gasteiger partial charge in [0.1, 0.15) is 24.5 Å². The SMILES string of the molecule is COc1ccc(F)c(F)c1COc1cc(-n2c(=O)[nH]c3c(OC)nc(C(C)=O)nc32)c(Cl)cc1OCCO. The predicted molar refractivity (Wildman–Crippen MR) is 131 cm³/mol. The van der Waals surface area contributed by atoms with Crippen LogP contribution in [-0.4, -0.2) is 57.8 Å². The Hall–Kier alpha value is -4.23. The van der Waals surface area contributed by atoms with E-state index >= 15 is 0 Å². The van der Waals surface area contributed by atoms with Gasteiger partial charge in [-0.1, -0.05) is 11.6 Å². The smallest absolute Gasteiger partial charge is 0.332 e. The number of ketones is 1. The molecule has 4 aromatic rings. The summed E-state index contributed by atoms with van der Waals surface area (Å²) in [5.74, 6) is -2.91. The topological polar surface area (TPSA) is 138 Å². The third-order valence-electron chi connectivity index (χ3n) is 5.36. The maximum Gasteiger partial charge on any atom is 0.332 e. The largest absolute Gasteiger partial charge is 0.496 e. The van der Waals surface area contributed by atoms with E-state index in [0.29, 0.717) is 0 Å². The molecule has 0 saturated heterocycles. The van der Waals surface area contributed by atoms with Crippen LogP contribution < -0.4 is 24.6 Å². The number of hydrogen-bond acceptors (Lipinski definition) is 9. The van der Waals surface area contributed by atoms with E-state index in [1.807, 2.05) is 0 Å². The molecule has 2 heterocycles. The lowest BCUT2D eigenvalue weighted by Crippen LogP contribution is -2.16. The molecule has 11 nitrogen and oxygen atoms in total. The van der Waals surface area contributed by atoms with Crippen molar-refractivity contribution in [3.05, 3.63) is 62.8 Å². The summed E-state index contributed by atoms with van der Waals surface area (Å²) in [4.78, 5) is 35.7. The average molecular weight is 551 g/mol. The zero-order chi connectivity index (χ0) is 27.6. The Morgan fingerprint density at radius 3 is 2.50 bits per heavy atom. The Morgan fingerprint density at radius 2 is 1.84 bits per heavy atom. The summed E-state index contributed by atoms with van der Waals surface area (Å²) in [7, 11) is 2.61. The molecule has 0 aliphatic heterocycles. The fraction of sp³-hybridized carbons (Fsp3) is 0.250. The molecule has 0 atom stereocenters. The minimum absolute atomic E-state index is 0.00441. The molecule has 2 aromatic carbocycles. The number of methoxy groups -OCH3 is 2. The summed E-state index contributed by atoms with van der Waals surface area (Å²) >= 11 is 6.49. The number of H-pyrrole nitrogens is 1. The molecular weight excluding hydrogens is 530 g/mol. The first-order valence-corrected chi connectivity index (χ1v) is 11.4. The van der Waals surface area contributed by atoms with Crippen LogP contribution in [0.15, 0.2) is 29.1 Å². The molecule has 0 amide bonds. The molecule has 0 aliphatic carbocycles. The molecule has 0 aliphatic rings. The van der Waals surface area contributed by atoms with Crippen LogP contribution in [0.3, 0.4) is 0 Å². The molecular formula is C24H21ClF2N4O7. The van der Waals surface area contributed by atoms with Gasteiger partial charge in [-0.15, -0.1) is 0 Å². The first-order valence-electron chi connectivity index (χ1n) is 11.0. The van der Waals surface area contributed by atoms with Crippen molar-refractivity contribution in [1.82, 2.24) is 19.5 Å². The minimum Gasteiger partial charge on any atom is -0.496 e. The molecule has 0 spiro atoms. The number of aliphatic hydroxyl groups is 1. The van der Waals surface area contributed by atoms with Crippen molar-refractivity contribution in [2.45, 2.75) is 13.5 Å². The molecule has 0 fully saturated rings. The number of rotatable bonds is 10.